The first-order valence-electron chi connectivity index (χ1n) is 10.9. The second-order valence-electron chi connectivity index (χ2n) is 9.18. The standard InChI is InChI=1S/C24H34N2O5/c1-6-7-17-8-9-20(21(14-17)29-5)30-16-22(27)25-12-11-19-18(15-25)10-13-26(19)23(28)31-24(2,3)4/h6,8-9,14,18-19H,1,7,10-13,15-16H2,2-5H3/t18-,19-/m0/s1. The molecule has 0 saturated carbocycles. The van der Waals surface area contributed by atoms with Gasteiger partial charge in [-0.3, -0.25) is 4.79 Å². The van der Waals surface area contributed by atoms with E-state index in [2.05, 4.69) is 6.58 Å². The molecule has 0 radical (unpaired) electrons. The fourth-order valence-corrected chi connectivity index (χ4v) is 4.31. The van der Waals surface area contributed by atoms with E-state index < -0.39 is 5.60 Å². The normalized spacial score (nSPS) is 20.8. The summed E-state index contributed by atoms with van der Waals surface area (Å²) in [6.07, 6.45) is 3.96. The maximum Gasteiger partial charge on any atom is 0.410 e. The Labute approximate surface area is 184 Å². The van der Waals surface area contributed by atoms with Crippen LogP contribution in [0.4, 0.5) is 4.79 Å². The molecule has 170 valence electrons. The van der Waals surface area contributed by atoms with E-state index in [-0.39, 0.29) is 30.6 Å². The van der Waals surface area contributed by atoms with Gasteiger partial charge < -0.3 is 24.0 Å². The van der Waals surface area contributed by atoms with Crippen molar-refractivity contribution in [3.63, 3.8) is 0 Å². The lowest BCUT2D eigenvalue weighted by Gasteiger charge is -2.38. The third kappa shape index (κ3) is 5.71. The highest BCUT2D eigenvalue weighted by Gasteiger charge is 2.42. The van der Waals surface area contributed by atoms with Crippen LogP contribution in [0, 0.1) is 5.92 Å². The highest BCUT2D eigenvalue weighted by molar-refractivity contribution is 5.78. The average molecular weight is 431 g/mol. The quantitative estimate of drug-likeness (QED) is 0.645. The fourth-order valence-electron chi connectivity index (χ4n) is 4.31. The van der Waals surface area contributed by atoms with Gasteiger partial charge in [0.25, 0.3) is 5.91 Å². The first-order chi connectivity index (χ1) is 14.7. The second-order valence-corrected chi connectivity index (χ2v) is 9.18. The highest BCUT2D eigenvalue weighted by atomic mass is 16.6. The van der Waals surface area contributed by atoms with Crippen LogP contribution in [0.1, 0.15) is 39.2 Å². The monoisotopic (exact) mass is 430 g/mol. The summed E-state index contributed by atoms with van der Waals surface area (Å²) < 4.78 is 16.7. The van der Waals surface area contributed by atoms with E-state index in [0.29, 0.717) is 31.1 Å². The molecule has 7 nitrogen and oxygen atoms in total. The number of hydrogen-bond donors (Lipinski definition) is 0. The summed E-state index contributed by atoms with van der Waals surface area (Å²) >= 11 is 0. The molecule has 2 aliphatic heterocycles. The number of nitrogens with zero attached hydrogens (tertiary/aromatic N) is 2. The molecule has 0 aromatic heterocycles. The topological polar surface area (TPSA) is 68.3 Å². The van der Waals surface area contributed by atoms with Gasteiger partial charge in [0.15, 0.2) is 18.1 Å². The van der Waals surface area contributed by atoms with Gasteiger partial charge in [-0.15, -0.1) is 6.58 Å². The molecule has 31 heavy (non-hydrogen) atoms. The van der Waals surface area contributed by atoms with E-state index >= 15 is 0 Å². The maximum atomic E-state index is 12.8. The Morgan fingerprint density at radius 1 is 1.19 bits per heavy atom. The molecular weight excluding hydrogens is 396 g/mol. The molecule has 0 N–H and O–H groups in total. The minimum atomic E-state index is -0.506. The minimum Gasteiger partial charge on any atom is -0.493 e. The molecular formula is C24H34N2O5. The highest BCUT2D eigenvalue weighted by Crippen LogP contribution is 2.33. The number of amides is 2. The Morgan fingerprint density at radius 3 is 2.65 bits per heavy atom. The van der Waals surface area contributed by atoms with Crippen molar-refractivity contribution in [3.05, 3.63) is 36.4 Å². The van der Waals surface area contributed by atoms with E-state index in [1.54, 1.807) is 7.11 Å². The molecule has 0 spiro atoms. The van der Waals surface area contributed by atoms with Crippen LogP contribution >= 0.6 is 0 Å². The molecule has 2 fully saturated rings. The first kappa shape index (κ1) is 23.0. The van der Waals surface area contributed by atoms with Gasteiger partial charge in [-0.1, -0.05) is 12.1 Å². The zero-order valence-electron chi connectivity index (χ0n) is 19.1. The van der Waals surface area contributed by atoms with Crippen LogP contribution in [0.25, 0.3) is 0 Å². The molecule has 1 aromatic carbocycles. The van der Waals surface area contributed by atoms with E-state index in [4.69, 9.17) is 14.2 Å². The molecule has 7 heteroatoms. The van der Waals surface area contributed by atoms with Crippen molar-refractivity contribution in [1.29, 1.82) is 0 Å². The summed E-state index contributed by atoms with van der Waals surface area (Å²) in [6.45, 7) is 11.3. The Bertz CT molecular complexity index is 817. The van der Waals surface area contributed by atoms with Crippen molar-refractivity contribution in [2.24, 2.45) is 5.92 Å². The van der Waals surface area contributed by atoms with E-state index in [0.717, 1.165) is 24.8 Å². The lowest BCUT2D eigenvalue weighted by atomic mass is 9.93. The Morgan fingerprint density at radius 2 is 1.97 bits per heavy atom. The smallest absolute Gasteiger partial charge is 0.410 e. The molecule has 0 aliphatic carbocycles. The maximum absolute atomic E-state index is 12.8. The van der Waals surface area contributed by atoms with Crippen LogP contribution < -0.4 is 9.47 Å². The first-order valence-corrected chi connectivity index (χ1v) is 10.9. The van der Waals surface area contributed by atoms with Gasteiger partial charge in [-0.25, -0.2) is 4.79 Å². The average Bonchev–Trinajstić information content (AvgIpc) is 3.15. The molecule has 2 aliphatic rings. The van der Waals surface area contributed by atoms with Crippen molar-refractivity contribution in [2.75, 3.05) is 33.4 Å². The third-order valence-corrected chi connectivity index (χ3v) is 5.77. The molecule has 3 rings (SSSR count). The zero-order chi connectivity index (χ0) is 22.6. The second kappa shape index (κ2) is 9.62. The molecule has 2 heterocycles. The number of carbonyl (C=O) groups is 2. The number of ether oxygens (including phenoxy) is 3. The van der Waals surface area contributed by atoms with Crippen LogP contribution in [0.2, 0.25) is 0 Å². The lowest BCUT2D eigenvalue weighted by molar-refractivity contribution is -0.135. The van der Waals surface area contributed by atoms with Crippen molar-refractivity contribution < 1.29 is 23.8 Å². The minimum absolute atomic E-state index is 0.0374. The van der Waals surface area contributed by atoms with E-state index in [1.165, 1.54) is 0 Å². The number of allylic oxidation sites excluding steroid dienone is 1. The van der Waals surface area contributed by atoms with Crippen molar-refractivity contribution in [2.45, 2.75) is 51.7 Å². The SMILES string of the molecule is C=CCc1ccc(OCC(=O)N2CC[C@H]3[C@@H](CCN3C(=O)OC(C)(C)C)C2)c(OC)c1. The van der Waals surface area contributed by atoms with Gasteiger partial charge in [-0.2, -0.15) is 0 Å². The number of likely N-dealkylation sites (tertiary alicyclic amines) is 2. The van der Waals surface area contributed by atoms with E-state index in [1.807, 2.05) is 54.8 Å². The van der Waals surface area contributed by atoms with Crippen molar-refractivity contribution in [1.82, 2.24) is 9.80 Å². The predicted molar refractivity (Wildman–Crippen MR) is 118 cm³/mol. The van der Waals surface area contributed by atoms with Gasteiger partial charge in [-0.05, 0) is 63.6 Å². The van der Waals surface area contributed by atoms with Gasteiger partial charge in [0.1, 0.15) is 5.60 Å². The Kier molecular flexibility index (Phi) is 7.13. The summed E-state index contributed by atoms with van der Waals surface area (Å²) in [4.78, 5) is 29.0. The van der Waals surface area contributed by atoms with Crippen molar-refractivity contribution >= 4 is 12.0 Å². The Balaban J connectivity index is 1.54. The van der Waals surface area contributed by atoms with E-state index in [9.17, 15) is 9.59 Å². The third-order valence-electron chi connectivity index (χ3n) is 5.77. The number of benzene rings is 1. The summed E-state index contributed by atoms with van der Waals surface area (Å²) in [5, 5.41) is 0. The summed E-state index contributed by atoms with van der Waals surface area (Å²) in [5.74, 6) is 1.38. The van der Waals surface area contributed by atoms with Gasteiger partial charge >= 0.3 is 6.09 Å². The Hall–Kier alpha value is -2.70. The molecule has 0 bridgehead atoms. The van der Waals surface area contributed by atoms with Crippen molar-refractivity contribution in [3.8, 4) is 11.5 Å². The summed E-state index contributed by atoms with van der Waals surface area (Å²) in [5.41, 5.74) is 0.567. The van der Waals surface area contributed by atoms with Crippen LogP contribution in [-0.4, -0.2) is 66.8 Å². The molecule has 0 unspecified atom stereocenters. The fraction of sp³-hybridized carbons (Fsp3) is 0.583. The van der Waals surface area contributed by atoms with Crippen LogP contribution in [-0.2, 0) is 16.0 Å². The van der Waals surface area contributed by atoms with Crippen LogP contribution in [0.15, 0.2) is 30.9 Å². The lowest BCUT2D eigenvalue weighted by Crippen LogP contribution is -2.50. The largest absolute Gasteiger partial charge is 0.493 e. The number of carbonyl (C=O) groups excluding carboxylic acids is 2. The molecule has 2 saturated heterocycles. The summed E-state index contributed by atoms with van der Waals surface area (Å²) in [6, 6.07) is 5.81. The number of fused-ring (bicyclic) bond motifs is 1. The van der Waals surface area contributed by atoms with Crippen LogP contribution in [0.5, 0.6) is 11.5 Å². The number of methoxy groups -OCH3 is 1. The zero-order valence-corrected chi connectivity index (χ0v) is 19.1. The molecule has 2 atom stereocenters. The molecule has 2 amide bonds. The number of piperidine rings is 1. The number of rotatable bonds is 6. The molecule has 1 aromatic rings. The van der Waals surface area contributed by atoms with Gasteiger partial charge in [0.2, 0.25) is 0 Å². The number of hydrogen-bond acceptors (Lipinski definition) is 5. The van der Waals surface area contributed by atoms with Gasteiger partial charge in [0.05, 0.1) is 7.11 Å². The van der Waals surface area contributed by atoms with Crippen LogP contribution in [0.3, 0.4) is 0 Å². The predicted octanol–water partition coefficient (Wildman–Crippen LogP) is 3.66. The van der Waals surface area contributed by atoms with Gasteiger partial charge in [0, 0.05) is 25.7 Å². The summed E-state index contributed by atoms with van der Waals surface area (Å²) in [7, 11) is 1.59.